The van der Waals surface area contributed by atoms with Gasteiger partial charge in [0.25, 0.3) is 0 Å². The molecule has 6 nitrogen and oxygen atoms in total. The first-order valence-corrected chi connectivity index (χ1v) is 4.52. The number of nitrogens with zero attached hydrogens (tertiary/aromatic N) is 3. The van der Waals surface area contributed by atoms with Crippen LogP contribution in [0.3, 0.4) is 0 Å². The summed E-state index contributed by atoms with van der Waals surface area (Å²) in [7, 11) is 0. The summed E-state index contributed by atoms with van der Waals surface area (Å²) >= 11 is 0. The number of alkyl halides is 3. The largest absolute Gasteiger partial charge is 0.479 e. The molecule has 0 radical (unpaired) electrons. The summed E-state index contributed by atoms with van der Waals surface area (Å²) in [6.45, 7) is 0.436. The molecule has 0 aliphatic heterocycles. The topological polar surface area (TPSA) is 98.9 Å². The van der Waals surface area contributed by atoms with Crippen molar-refractivity contribution in [2.24, 2.45) is 0 Å². The quantitative estimate of drug-likeness (QED) is 0.846. The van der Waals surface area contributed by atoms with E-state index in [4.69, 9.17) is 10.4 Å². The Bertz CT molecular complexity index is 511. The maximum absolute atomic E-state index is 12.7. The van der Waals surface area contributed by atoms with Crippen molar-refractivity contribution in [2.75, 3.05) is 5.32 Å². The number of hydrogen-bond donors (Lipinski definition) is 2. The molecule has 9 heteroatoms. The highest BCUT2D eigenvalue weighted by Crippen LogP contribution is 2.33. The van der Waals surface area contributed by atoms with E-state index in [2.05, 4.69) is 9.97 Å². The zero-order chi connectivity index (χ0) is 14.0. The average Bonchev–Trinajstić information content (AvgIpc) is 2.27. The lowest BCUT2D eigenvalue weighted by atomic mass is 10.0. The number of anilines is 1. The smallest absolute Gasteiger partial charge is 0.422 e. The zero-order valence-electron chi connectivity index (χ0n) is 8.99. The molecule has 1 rings (SSSR count). The maximum Gasteiger partial charge on any atom is 0.422 e. The van der Waals surface area contributed by atoms with Gasteiger partial charge in [-0.3, -0.25) is 0 Å². The van der Waals surface area contributed by atoms with E-state index in [9.17, 15) is 18.0 Å². The van der Waals surface area contributed by atoms with Crippen molar-refractivity contribution in [1.29, 1.82) is 5.26 Å². The summed E-state index contributed by atoms with van der Waals surface area (Å²) in [4.78, 5) is 17.7. The summed E-state index contributed by atoms with van der Waals surface area (Å²) in [5.41, 5.74) is -3.68. The third-order valence-corrected chi connectivity index (χ3v) is 2.17. The molecule has 0 aromatic carbocycles. The predicted octanol–water partition coefficient (Wildman–Crippen LogP) is 1.17. The normalized spacial score (nSPS) is 14.4. The minimum Gasteiger partial charge on any atom is -0.479 e. The number of aromatic nitrogens is 2. The van der Waals surface area contributed by atoms with Crippen molar-refractivity contribution in [1.82, 2.24) is 9.97 Å². The van der Waals surface area contributed by atoms with Gasteiger partial charge in [-0.2, -0.15) is 18.4 Å². The molecule has 1 unspecified atom stereocenters. The average molecular weight is 260 g/mol. The molecule has 0 saturated heterocycles. The van der Waals surface area contributed by atoms with Crippen molar-refractivity contribution in [3.63, 3.8) is 0 Å². The van der Waals surface area contributed by atoms with Gasteiger partial charge in [0.15, 0.2) is 11.5 Å². The summed E-state index contributed by atoms with van der Waals surface area (Å²) in [6.07, 6.45) is -2.92. The summed E-state index contributed by atoms with van der Waals surface area (Å²) in [5.74, 6) is -2.67. The number of carbonyl (C=O) groups is 1. The van der Waals surface area contributed by atoms with Gasteiger partial charge >= 0.3 is 12.1 Å². The fraction of sp³-hybridized carbons (Fsp3) is 0.333. The molecule has 0 aliphatic carbocycles. The first-order chi connectivity index (χ1) is 8.22. The van der Waals surface area contributed by atoms with Gasteiger partial charge in [0.05, 0.1) is 0 Å². The lowest BCUT2D eigenvalue weighted by molar-refractivity contribution is -0.192. The van der Waals surface area contributed by atoms with Crippen molar-refractivity contribution in [3.8, 4) is 6.07 Å². The van der Waals surface area contributed by atoms with Gasteiger partial charge in [-0.25, -0.2) is 14.8 Å². The number of nitriles is 1. The second-order valence-corrected chi connectivity index (χ2v) is 3.42. The van der Waals surface area contributed by atoms with Gasteiger partial charge in [0.2, 0.25) is 5.54 Å². The van der Waals surface area contributed by atoms with Gasteiger partial charge in [-0.1, -0.05) is 0 Å². The Kier molecular flexibility index (Phi) is 3.41. The SMILES string of the molecule is CC(Nc1nccnc1C#N)(C(=O)O)C(F)(F)F. The zero-order valence-corrected chi connectivity index (χ0v) is 8.99. The molecule has 1 aromatic heterocycles. The molecule has 0 spiro atoms. The molecule has 1 aromatic rings. The second kappa shape index (κ2) is 4.48. The minimum atomic E-state index is -5.07. The Hall–Kier alpha value is -2.37. The monoisotopic (exact) mass is 260 g/mol. The van der Waals surface area contributed by atoms with E-state index in [0.717, 1.165) is 12.4 Å². The highest BCUT2D eigenvalue weighted by Gasteiger charge is 2.58. The van der Waals surface area contributed by atoms with Crippen LogP contribution in [-0.4, -0.2) is 32.8 Å². The van der Waals surface area contributed by atoms with Crippen LogP contribution in [-0.2, 0) is 4.79 Å². The minimum absolute atomic E-state index is 0.422. The molecule has 1 heterocycles. The molecular weight excluding hydrogens is 253 g/mol. The number of carboxylic acid groups (broad SMARTS) is 1. The lowest BCUT2D eigenvalue weighted by Crippen LogP contribution is -2.55. The first kappa shape index (κ1) is 13.7. The third-order valence-electron chi connectivity index (χ3n) is 2.17. The molecule has 2 N–H and O–H groups in total. The van der Waals surface area contributed by atoms with Crippen molar-refractivity contribution >= 4 is 11.8 Å². The molecular formula is C9H7F3N4O2. The van der Waals surface area contributed by atoms with Crippen LogP contribution in [0.4, 0.5) is 19.0 Å². The van der Waals surface area contributed by atoms with Crippen LogP contribution < -0.4 is 5.32 Å². The van der Waals surface area contributed by atoms with Crippen LogP contribution in [0, 0.1) is 11.3 Å². The molecule has 1 atom stereocenters. The number of halogens is 3. The first-order valence-electron chi connectivity index (χ1n) is 4.52. The van der Waals surface area contributed by atoms with Crippen molar-refractivity contribution in [2.45, 2.75) is 18.6 Å². The van der Waals surface area contributed by atoms with Gasteiger partial charge in [-0.05, 0) is 6.92 Å². The standard InChI is InChI=1S/C9H7F3N4O2/c1-8(7(17)18,9(10,11)12)16-6-5(4-13)14-2-3-15-6/h2-3H,1H3,(H,15,16)(H,17,18). The Morgan fingerprint density at radius 2 is 2.00 bits per heavy atom. The molecule has 18 heavy (non-hydrogen) atoms. The van der Waals surface area contributed by atoms with Gasteiger partial charge in [-0.15, -0.1) is 0 Å². The van der Waals surface area contributed by atoms with Gasteiger partial charge in [0.1, 0.15) is 6.07 Å². The Labute approximate surface area is 99.1 Å². The predicted molar refractivity (Wildman–Crippen MR) is 52.5 cm³/mol. The van der Waals surface area contributed by atoms with Crippen LogP contribution in [0.2, 0.25) is 0 Å². The third kappa shape index (κ3) is 2.32. The van der Waals surface area contributed by atoms with Crippen LogP contribution in [0.1, 0.15) is 12.6 Å². The van der Waals surface area contributed by atoms with Crippen LogP contribution >= 0.6 is 0 Å². The van der Waals surface area contributed by atoms with E-state index in [1.54, 1.807) is 5.32 Å². The fourth-order valence-corrected chi connectivity index (χ4v) is 0.994. The number of rotatable bonds is 3. The van der Waals surface area contributed by atoms with E-state index < -0.39 is 29.2 Å². The molecule has 0 aliphatic rings. The molecule has 96 valence electrons. The number of nitrogens with one attached hydrogen (secondary N) is 1. The molecule has 0 bridgehead atoms. The summed E-state index contributed by atoms with van der Waals surface area (Å²) in [5, 5.41) is 19.0. The summed E-state index contributed by atoms with van der Waals surface area (Å²) in [6, 6.07) is 1.51. The van der Waals surface area contributed by atoms with Crippen LogP contribution in [0.25, 0.3) is 0 Å². The Morgan fingerprint density at radius 1 is 1.44 bits per heavy atom. The van der Waals surface area contributed by atoms with Gasteiger partial charge in [0, 0.05) is 12.4 Å². The Balaban J connectivity index is 3.22. The van der Waals surface area contributed by atoms with E-state index in [1.807, 2.05) is 0 Å². The lowest BCUT2D eigenvalue weighted by Gasteiger charge is -2.29. The van der Waals surface area contributed by atoms with Crippen LogP contribution in [0.5, 0.6) is 0 Å². The maximum atomic E-state index is 12.7. The number of hydrogen-bond acceptors (Lipinski definition) is 5. The van der Waals surface area contributed by atoms with E-state index >= 15 is 0 Å². The van der Waals surface area contributed by atoms with Gasteiger partial charge < -0.3 is 10.4 Å². The highest BCUT2D eigenvalue weighted by atomic mass is 19.4. The number of aliphatic carboxylic acids is 1. The molecule has 0 saturated carbocycles. The fourth-order valence-electron chi connectivity index (χ4n) is 0.994. The van der Waals surface area contributed by atoms with Crippen molar-refractivity contribution in [3.05, 3.63) is 18.1 Å². The van der Waals surface area contributed by atoms with Crippen molar-refractivity contribution < 1.29 is 23.1 Å². The second-order valence-electron chi connectivity index (χ2n) is 3.42. The number of carboxylic acids is 1. The van der Waals surface area contributed by atoms with E-state index in [1.165, 1.54) is 6.07 Å². The highest BCUT2D eigenvalue weighted by molar-refractivity contribution is 5.83. The van der Waals surface area contributed by atoms with Crippen LogP contribution in [0.15, 0.2) is 12.4 Å². The van der Waals surface area contributed by atoms with E-state index in [0.29, 0.717) is 6.92 Å². The molecule has 0 fully saturated rings. The van der Waals surface area contributed by atoms with E-state index in [-0.39, 0.29) is 0 Å². The summed E-state index contributed by atoms with van der Waals surface area (Å²) < 4.78 is 38.1. The Morgan fingerprint density at radius 3 is 2.44 bits per heavy atom. The molecule has 0 amide bonds.